The van der Waals surface area contributed by atoms with E-state index in [1.165, 1.54) is 0 Å². The molecule has 4 nitrogen and oxygen atoms in total. The molecule has 1 aliphatic carbocycles. The zero-order valence-corrected chi connectivity index (χ0v) is 8.03. The first kappa shape index (κ1) is 11.7. The predicted octanol–water partition coefficient (Wildman–Crippen LogP) is -0.0422. The number of alkyl halides is 3. The fraction of sp³-hybridized carbons (Fsp3) is 1.00. The Balaban J connectivity index is 2.40. The Kier molecular flexibility index (Phi) is 3.07. The molecule has 0 heterocycles. The van der Waals surface area contributed by atoms with E-state index in [1.807, 2.05) is 4.72 Å². The maximum atomic E-state index is 11.9. The minimum Gasteiger partial charge on any atom is -0.319 e. The van der Waals surface area contributed by atoms with Gasteiger partial charge in [-0.1, -0.05) is 0 Å². The topological polar surface area (TPSA) is 72.2 Å². The van der Waals surface area contributed by atoms with Crippen molar-refractivity contribution in [2.45, 2.75) is 30.3 Å². The zero-order valence-electron chi connectivity index (χ0n) is 7.21. The lowest BCUT2D eigenvalue weighted by molar-refractivity contribution is -0.145. The van der Waals surface area contributed by atoms with Gasteiger partial charge in [0.2, 0.25) is 10.0 Å². The van der Waals surface area contributed by atoms with Gasteiger partial charge in [-0.25, -0.2) is 13.1 Å². The predicted molar refractivity (Wildman–Crippen MR) is 44.0 cm³/mol. The van der Waals surface area contributed by atoms with Gasteiger partial charge in [-0.3, -0.25) is 0 Å². The summed E-state index contributed by atoms with van der Waals surface area (Å²) in [6, 6.07) is -2.14. The Bertz CT molecular complexity index is 297. The number of hydrogen-bond acceptors (Lipinski definition) is 3. The van der Waals surface area contributed by atoms with Gasteiger partial charge in [0.05, 0.1) is 5.25 Å². The van der Waals surface area contributed by atoms with Gasteiger partial charge < -0.3 is 5.73 Å². The molecule has 0 aromatic rings. The molecule has 14 heavy (non-hydrogen) atoms. The molecule has 1 aliphatic rings. The number of sulfonamides is 1. The maximum Gasteiger partial charge on any atom is 0.404 e. The van der Waals surface area contributed by atoms with E-state index in [-0.39, 0.29) is 0 Å². The highest BCUT2D eigenvalue weighted by molar-refractivity contribution is 7.90. The van der Waals surface area contributed by atoms with Gasteiger partial charge in [-0.15, -0.1) is 0 Å². The largest absolute Gasteiger partial charge is 0.404 e. The first-order valence-corrected chi connectivity index (χ1v) is 5.59. The molecule has 0 aromatic heterocycles. The van der Waals surface area contributed by atoms with E-state index in [4.69, 9.17) is 5.73 Å². The van der Waals surface area contributed by atoms with Crippen LogP contribution >= 0.6 is 0 Å². The summed E-state index contributed by atoms with van der Waals surface area (Å²) in [5, 5.41) is -0.525. The molecular weight excluding hydrogens is 221 g/mol. The van der Waals surface area contributed by atoms with Gasteiger partial charge in [0.25, 0.3) is 0 Å². The SMILES string of the molecule is NC(CNS(=O)(=O)C1CC1)C(F)(F)F. The monoisotopic (exact) mass is 232 g/mol. The van der Waals surface area contributed by atoms with Crippen molar-refractivity contribution in [1.82, 2.24) is 4.72 Å². The zero-order chi connectivity index (χ0) is 11.0. The highest BCUT2D eigenvalue weighted by Gasteiger charge is 2.40. The molecule has 8 heteroatoms. The lowest BCUT2D eigenvalue weighted by Crippen LogP contribution is -2.47. The van der Waals surface area contributed by atoms with Gasteiger partial charge >= 0.3 is 6.18 Å². The summed E-state index contributed by atoms with van der Waals surface area (Å²) < 4.78 is 59.7. The molecule has 0 spiro atoms. The van der Waals surface area contributed by atoms with Gasteiger partial charge in [0.15, 0.2) is 0 Å². The maximum absolute atomic E-state index is 11.9. The van der Waals surface area contributed by atoms with Crippen LogP contribution in [0.5, 0.6) is 0 Å². The van der Waals surface area contributed by atoms with Crippen LogP contribution < -0.4 is 10.5 Å². The third-order valence-electron chi connectivity index (χ3n) is 1.89. The Labute approximate surface area is 79.7 Å². The van der Waals surface area contributed by atoms with Crippen LogP contribution in [-0.4, -0.2) is 32.4 Å². The van der Waals surface area contributed by atoms with E-state index in [1.54, 1.807) is 0 Å². The second-order valence-electron chi connectivity index (χ2n) is 3.24. The fourth-order valence-corrected chi connectivity index (χ4v) is 2.22. The van der Waals surface area contributed by atoms with Crippen LogP contribution in [0, 0.1) is 0 Å². The Morgan fingerprint density at radius 1 is 1.43 bits per heavy atom. The number of rotatable bonds is 4. The summed E-state index contributed by atoms with van der Waals surface area (Å²) in [4.78, 5) is 0. The Morgan fingerprint density at radius 3 is 2.29 bits per heavy atom. The number of nitrogens with two attached hydrogens (primary N) is 1. The highest BCUT2D eigenvalue weighted by Crippen LogP contribution is 2.27. The molecule has 0 aliphatic heterocycles. The summed E-state index contributed by atoms with van der Waals surface area (Å²) in [6.45, 7) is -0.789. The minimum atomic E-state index is -4.56. The molecule has 1 atom stereocenters. The van der Waals surface area contributed by atoms with Crippen LogP contribution in [0.4, 0.5) is 13.2 Å². The average molecular weight is 232 g/mol. The summed E-state index contributed by atoms with van der Waals surface area (Å²) >= 11 is 0. The van der Waals surface area contributed by atoms with Crippen molar-refractivity contribution in [3.8, 4) is 0 Å². The van der Waals surface area contributed by atoms with Crippen molar-refractivity contribution in [2.24, 2.45) is 5.73 Å². The van der Waals surface area contributed by atoms with Gasteiger partial charge in [-0.2, -0.15) is 13.2 Å². The summed E-state index contributed by atoms with van der Waals surface area (Å²) in [6.07, 6.45) is -3.54. The molecule has 0 aromatic carbocycles. The van der Waals surface area contributed by atoms with Crippen molar-refractivity contribution in [3.05, 3.63) is 0 Å². The normalized spacial score (nSPS) is 20.9. The molecule has 3 N–H and O–H groups in total. The van der Waals surface area contributed by atoms with Gasteiger partial charge in [0.1, 0.15) is 6.04 Å². The molecule has 0 saturated heterocycles. The molecule has 84 valence electrons. The fourth-order valence-electron chi connectivity index (χ4n) is 0.818. The van der Waals surface area contributed by atoms with Crippen LogP contribution in [0.25, 0.3) is 0 Å². The highest BCUT2D eigenvalue weighted by atomic mass is 32.2. The molecule has 1 fully saturated rings. The lowest BCUT2D eigenvalue weighted by atomic mass is 10.3. The van der Waals surface area contributed by atoms with E-state index < -0.39 is 34.0 Å². The molecule has 1 rings (SSSR count). The summed E-state index contributed by atoms with van der Waals surface area (Å²) in [5.41, 5.74) is 4.73. The van der Waals surface area contributed by atoms with Crippen LogP contribution in [0.2, 0.25) is 0 Å². The van der Waals surface area contributed by atoms with Gasteiger partial charge in [-0.05, 0) is 12.8 Å². The smallest absolute Gasteiger partial charge is 0.319 e. The second-order valence-corrected chi connectivity index (χ2v) is 5.29. The third kappa shape index (κ3) is 3.10. The molecule has 0 radical (unpaired) electrons. The first-order chi connectivity index (χ1) is 6.23. The second kappa shape index (κ2) is 3.67. The van der Waals surface area contributed by atoms with Crippen LogP contribution in [-0.2, 0) is 10.0 Å². The molecular formula is C6H11F3N2O2S. The Morgan fingerprint density at radius 2 is 1.93 bits per heavy atom. The van der Waals surface area contributed by atoms with E-state index in [2.05, 4.69) is 0 Å². The van der Waals surface area contributed by atoms with Crippen molar-refractivity contribution >= 4 is 10.0 Å². The first-order valence-electron chi connectivity index (χ1n) is 4.04. The van der Waals surface area contributed by atoms with Crippen molar-refractivity contribution in [1.29, 1.82) is 0 Å². The van der Waals surface area contributed by atoms with E-state index in [0.29, 0.717) is 12.8 Å². The average Bonchev–Trinajstić information content (AvgIpc) is 2.80. The number of hydrogen-bond donors (Lipinski definition) is 2. The van der Waals surface area contributed by atoms with Crippen molar-refractivity contribution in [2.75, 3.05) is 6.54 Å². The van der Waals surface area contributed by atoms with E-state index in [0.717, 1.165) is 0 Å². The van der Waals surface area contributed by atoms with Crippen molar-refractivity contribution < 1.29 is 21.6 Å². The summed E-state index contributed by atoms with van der Waals surface area (Å²) in [5.74, 6) is 0. The minimum absolute atomic E-state index is 0.511. The standard InChI is InChI=1S/C6H11F3N2O2S/c7-6(8,9)5(10)3-11-14(12,13)4-1-2-4/h4-5,11H,1-3,10H2. The molecule has 0 amide bonds. The molecule has 0 bridgehead atoms. The van der Waals surface area contributed by atoms with Gasteiger partial charge in [0, 0.05) is 6.54 Å². The van der Waals surface area contributed by atoms with E-state index >= 15 is 0 Å². The van der Waals surface area contributed by atoms with Crippen LogP contribution in [0.3, 0.4) is 0 Å². The number of halogens is 3. The Hall–Kier alpha value is -0.340. The molecule has 1 saturated carbocycles. The lowest BCUT2D eigenvalue weighted by Gasteiger charge is -2.15. The van der Waals surface area contributed by atoms with Crippen LogP contribution in [0.15, 0.2) is 0 Å². The number of nitrogens with one attached hydrogen (secondary N) is 1. The van der Waals surface area contributed by atoms with Crippen molar-refractivity contribution in [3.63, 3.8) is 0 Å². The molecule has 1 unspecified atom stereocenters. The summed E-state index contributed by atoms with van der Waals surface area (Å²) in [7, 11) is -3.57. The third-order valence-corrected chi connectivity index (χ3v) is 3.81. The van der Waals surface area contributed by atoms with E-state index in [9.17, 15) is 21.6 Å². The van der Waals surface area contributed by atoms with Crippen LogP contribution in [0.1, 0.15) is 12.8 Å². The quantitative estimate of drug-likeness (QED) is 0.714.